The van der Waals surface area contributed by atoms with Gasteiger partial charge in [0.15, 0.2) is 6.61 Å². The van der Waals surface area contributed by atoms with Crippen LogP contribution in [0.5, 0.6) is 5.75 Å². The van der Waals surface area contributed by atoms with Crippen molar-refractivity contribution in [3.63, 3.8) is 0 Å². The van der Waals surface area contributed by atoms with Crippen molar-refractivity contribution in [3.05, 3.63) is 29.6 Å². The van der Waals surface area contributed by atoms with Crippen LogP contribution in [0.3, 0.4) is 0 Å². The van der Waals surface area contributed by atoms with Crippen LogP contribution in [0.1, 0.15) is 26.3 Å². The number of nitriles is 1. The molecule has 1 unspecified atom stereocenters. The Balaban J connectivity index is 2.61. The van der Waals surface area contributed by atoms with Crippen molar-refractivity contribution >= 4 is 5.91 Å². The lowest BCUT2D eigenvalue weighted by atomic mass is 10.1. The Morgan fingerprint density at radius 2 is 2.16 bits per heavy atom. The number of rotatable bonds is 5. The second-order valence-corrected chi connectivity index (χ2v) is 4.61. The largest absolute Gasteiger partial charge is 0.482 e. The summed E-state index contributed by atoms with van der Waals surface area (Å²) in [5.74, 6) is -0.562. The molecule has 0 spiro atoms. The Hall–Kier alpha value is -2.09. The van der Waals surface area contributed by atoms with Gasteiger partial charge in [-0.2, -0.15) is 5.26 Å². The topological polar surface area (TPSA) is 62.1 Å². The van der Waals surface area contributed by atoms with Crippen molar-refractivity contribution in [1.82, 2.24) is 5.32 Å². The van der Waals surface area contributed by atoms with E-state index in [-0.39, 0.29) is 29.9 Å². The summed E-state index contributed by atoms with van der Waals surface area (Å²) in [6.45, 7) is 5.64. The summed E-state index contributed by atoms with van der Waals surface area (Å²) in [5.41, 5.74) is -0.188. The van der Waals surface area contributed by atoms with Gasteiger partial charge in [-0.3, -0.25) is 4.79 Å². The Kier molecular flexibility index (Phi) is 5.31. The lowest BCUT2D eigenvalue weighted by Gasteiger charge is -2.17. The third-order valence-electron chi connectivity index (χ3n) is 2.83. The Morgan fingerprint density at radius 1 is 1.47 bits per heavy atom. The normalized spacial score (nSPS) is 11.8. The van der Waals surface area contributed by atoms with Gasteiger partial charge in [0.05, 0.1) is 0 Å². The molecule has 0 saturated heterocycles. The molecule has 0 aliphatic heterocycles. The third kappa shape index (κ3) is 4.25. The first kappa shape index (κ1) is 15.0. The Morgan fingerprint density at radius 3 is 2.74 bits per heavy atom. The summed E-state index contributed by atoms with van der Waals surface area (Å²) in [4.78, 5) is 11.6. The highest BCUT2D eigenvalue weighted by Gasteiger charge is 2.13. The molecule has 0 radical (unpaired) electrons. The van der Waals surface area contributed by atoms with E-state index in [1.807, 2.05) is 20.8 Å². The molecule has 1 aromatic rings. The van der Waals surface area contributed by atoms with E-state index in [1.165, 1.54) is 18.2 Å². The molecule has 0 bridgehead atoms. The Labute approximate surface area is 112 Å². The molecule has 1 N–H and O–H groups in total. The van der Waals surface area contributed by atoms with Crippen LogP contribution in [0.15, 0.2) is 18.2 Å². The van der Waals surface area contributed by atoms with Crippen LogP contribution in [-0.4, -0.2) is 18.6 Å². The van der Waals surface area contributed by atoms with Gasteiger partial charge < -0.3 is 10.1 Å². The second kappa shape index (κ2) is 6.74. The molecule has 19 heavy (non-hydrogen) atoms. The predicted octanol–water partition coefficient (Wildman–Crippen LogP) is 2.24. The molecule has 1 aromatic carbocycles. The second-order valence-electron chi connectivity index (χ2n) is 4.61. The molecule has 0 saturated carbocycles. The molecule has 5 heteroatoms. The van der Waals surface area contributed by atoms with E-state index in [4.69, 9.17) is 10.00 Å². The average Bonchev–Trinajstić information content (AvgIpc) is 2.36. The number of amides is 1. The van der Waals surface area contributed by atoms with E-state index in [0.717, 1.165) is 0 Å². The Bertz CT molecular complexity index is 495. The van der Waals surface area contributed by atoms with Crippen LogP contribution in [0.4, 0.5) is 4.39 Å². The predicted molar refractivity (Wildman–Crippen MR) is 69.1 cm³/mol. The van der Waals surface area contributed by atoms with E-state index in [2.05, 4.69) is 5.32 Å². The zero-order chi connectivity index (χ0) is 14.4. The molecule has 0 aliphatic carbocycles. The molecule has 0 heterocycles. The van der Waals surface area contributed by atoms with E-state index in [9.17, 15) is 9.18 Å². The number of nitrogens with one attached hydrogen (secondary N) is 1. The van der Waals surface area contributed by atoms with Gasteiger partial charge in [-0.15, -0.1) is 0 Å². The molecule has 1 amide bonds. The van der Waals surface area contributed by atoms with Crippen LogP contribution < -0.4 is 10.1 Å². The maximum atomic E-state index is 13.3. The molecule has 102 valence electrons. The SMILES string of the molecule is CC(C)C(C)NC(=O)COc1cccc(F)c1C#N. The first-order valence-corrected chi connectivity index (χ1v) is 6.06. The van der Waals surface area contributed by atoms with Gasteiger partial charge in [-0.05, 0) is 25.0 Å². The minimum atomic E-state index is -0.657. The zero-order valence-electron chi connectivity index (χ0n) is 11.2. The molecule has 1 rings (SSSR count). The van der Waals surface area contributed by atoms with Crippen LogP contribution >= 0.6 is 0 Å². The third-order valence-corrected chi connectivity index (χ3v) is 2.83. The maximum absolute atomic E-state index is 13.3. The van der Waals surface area contributed by atoms with Crippen molar-refractivity contribution in [1.29, 1.82) is 5.26 Å². The molecular weight excluding hydrogens is 247 g/mol. The monoisotopic (exact) mass is 264 g/mol. The molecule has 0 aliphatic rings. The van der Waals surface area contributed by atoms with E-state index < -0.39 is 5.82 Å². The minimum Gasteiger partial charge on any atom is -0.482 e. The number of nitrogens with zero attached hydrogens (tertiary/aromatic N) is 1. The fourth-order valence-corrected chi connectivity index (χ4v) is 1.34. The van der Waals surface area contributed by atoms with Gasteiger partial charge in [0, 0.05) is 6.04 Å². The smallest absolute Gasteiger partial charge is 0.258 e. The van der Waals surface area contributed by atoms with E-state index in [1.54, 1.807) is 6.07 Å². The number of ether oxygens (including phenoxy) is 1. The summed E-state index contributed by atoms with van der Waals surface area (Å²) in [7, 11) is 0. The van der Waals surface area contributed by atoms with Crippen LogP contribution in [0.25, 0.3) is 0 Å². The zero-order valence-corrected chi connectivity index (χ0v) is 11.2. The van der Waals surface area contributed by atoms with Gasteiger partial charge in [0.25, 0.3) is 5.91 Å². The van der Waals surface area contributed by atoms with Crippen molar-refractivity contribution in [2.45, 2.75) is 26.8 Å². The first-order chi connectivity index (χ1) is 8.95. The van der Waals surface area contributed by atoms with Gasteiger partial charge >= 0.3 is 0 Å². The summed E-state index contributed by atoms with van der Waals surface area (Å²) in [6, 6.07) is 5.80. The van der Waals surface area contributed by atoms with Gasteiger partial charge in [0.1, 0.15) is 23.2 Å². The molecule has 0 aromatic heterocycles. The summed E-state index contributed by atoms with van der Waals surface area (Å²) in [6.07, 6.45) is 0. The van der Waals surface area contributed by atoms with Crippen molar-refractivity contribution < 1.29 is 13.9 Å². The average molecular weight is 264 g/mol. The first-order valence-electron chi connectivity index (χ1n) is 6.06. The van der Waals surface area contributed by atoms with Crippen molar-refractivity contribution in [3.8, 4) is 11.8 Å². The molecular formula is C14H17FN2O2. The summed E-state index contributed by atoms with van der Waals surface area (Å²) < 4.78 is 18.5. The maximum Gasteiger partial charge on any atom is 0.258 e. The van der Waals surface area contributed by atoms with Crippen LogP contribution in [0.2, 0.25) is 0 Å². The van der Waals surface area contributed by atoms with Crippen LogP contribution in [-0.2, 0) is 4.79 Å². The lowest BCUT2D eigenvalue weighted by molar-refractivity contribution is -0.124. The van der Waals surface area contributed by atoms with Gasteiger partial charge in [-0.25, -0.2) is 4.39 Å². The number of carbonyl (C=O) groups excluding carboxylic acids is 1. The molecule has 4 nitrogen and oxygen atoms in total. The summed E-state index contributed by atoms with van der Waals surface area (Å²) in [5, 5.41) is 11.6. The van der Waals surface area contributed by atoms with Crippen molar-refractivity contribution in [2.75, 3.05) is 6.61 Å². The highest BCUT2D eigenvalue weighted by atomic mass is 19.1. The fraction of sp³-hybridized carbons (Fsp3) is 0.429. The number of halogens is 1. The number of hydrogen-bond acceptors (Lipinski definition) is 3. The fourth-order valence-electron chi connectivity index (χ4n) is 1.34. The molecule has 1 atom stereocenters. The van der Waals surface area contributed by atoms with E-state index in [0.29, 0.717) is 5.92 Å². The molecule has 0 fully saturated rings. The lowest BCUT2D eigenvalue weighted by Crippen LogP contribution is -2.39. The quantitative estimate of drug-likeness (QED) is 0.887. The highest BCUT2D eigenvalue weighted by molar-refractivity contribution is 5.77. The highest BCUT2D eigenvalue weighted by Crippen LogP contribution is 2.20. The minimum absolute atomic E-state index is 0.0269. The van der Waals surface area contributed by atoms with E-state index >= 15 is 0 Å². The van der Waals surface area contributed by atoms with Crippen LogP contribution in [0, 0.1) is 23.1 Å². The number of hydrogen-bond donors (Lipinski definition) is 1. The standard InChI is InChI=1S/C14H17FN2O2/c1-9(2)10(3)17-14(18)8-19-13-6-4-5-12(15)11(13)7-16/h4-6,9-10H,8H2,1-3H3,(H,17,18). The number of benzene rings is 1. The number of carbonyl (C=O) groups is 1. The van der Waals surface area contributed by atoms with Gasteiger partial charge in [-0.1, -0.05) is 19.9 Å². The van der Waals surface area contributed by atoms with Gasteiger partial charge in [0.2, 0.25) is 0 Å². The van der Waals surface area contributed by atoms with Crippen molar-refractivity contribution in [2.24, 2.45) is 5.92 Å². The summed E-state index contributed by atoms with van der Waals surface area (Å²) >= 11 is 0.